The van der Waals surface area contributed by atoms with Crippen molar-refractivity contribution in [3.63, 3.8) is 0 Å². The van der Waals surface area contributed by atoms with Crippen LogP contribution in [-0.4, -0.2) is 47.9 Å². The van der Waals surface area contributed by atoms with Gasteiger partial charge in [-0.3, -0.25) is 4.79 Å². The van der Waals surface area contributed by atoms with Crippen LogP contribution in [0.1, 0.15) is 32.1 Å². The maximum absolute atomic E-state index is 12.9. The zero-order chi connectivity index (χ0) is 16.9. The lowest BCUT2D eigenvalue weighted by molar-refractivity contribution is -0.131. The molecule has 2 heterocycles. The molecule has 1 aromatic rings. The number of amides is 3. The quantitative estimate of drug-likeness (QED) is 0.924. The van der Waals surface area contributed by atoms with E-state index in [0.717, 1.165) is 38.8 Å². The summed E-state index contributed by atoms with van der Waals surface area (Å²) in [4.78, 5) is 28.2. The highest BCUT2D eigenvalue weighted by Crippen LogP contribution is 2.23. The van der Waals surface area contributed by atoms with E-state index in [4.69, 9.17) is 0 Å². The smallest absolute Gasteiger partial charge is 0.321 e. The number of piperidine rings is 1. The van der Waals surface area contributed by atoms with Gasteiger partial charge in [-0.05, 0) is 55.9 Å². The summed E-state index contributed by atoms with van der Waals surface area (Å²) in [5, 5.41) is 2.78. The number of likely N-dealkylation sites (tertiary alicyclic amines) is 2. The Morgan fingerprint density at radius 3 is 2.25 bits per heavy atom. The van der Waals surface area contributed by atoms with Crippen molar-refractivity contribution in [2.45, 2.75) is 32.1 Å². The van der Waals surface area contributed by atoms with E-state index in [1.807, 2.05) is 4.90 Å². The molecule has 2 fully saturated rings. The molecule has 2 saturated heterocycles. The van der Waals surface area contributed by atoms with Gasteiger partial charge in [-0.15, -0.1) is 0 Å². The Morgan fingerprint density at radius 2 is 1.62 bits per heavy atom. The predicted octanol–water partition coefficient (Wildman–Crippen LogP) is 3.08. The Bertz CT molecular complexity index is 576. The minimum Gasteiger partial charge on any atom is -0.343 e. The third-order valence-electron chi connectivity index (χ3n) is 4.92. The average Bonchev–Trinajstić information content (AvgIpc) is 3.12. The second kappa shape index (κ2) is 7.64. The first kappa shape index (κ1) is 16.7. The summed E-state index contributed by atoms with van der Waals surface area (Å²) in [6, 6.07) is 5.59. The largest absolute Gasteiger partial charge is 0.343 e. The molecule has 0 aromatic heterocycles. The first-order chi connectivity index (χ1) is 11.6. The predicted molar refractivity (Wildman–Crippen MR) is 90.1 cm³/mol. The van der Waals surface area contributed by atoms with Crippen molar-refractivity contribution in [1.29, 1.82) is 0 Å². The second-order valence-electron chi connectivity index (χ2n) is 6.66. The molecule has 24 heavy (non-hydrogen) atoms. The second-order valence-corrected chi connectivity index (χ2v) is 6.66. The fraction of sp³-hybridized carbons (Fsp3) is 0.556. The van der Waals surface area contributed by atoms with Gasteiger partial charge in [0.05, 0.1) is 0 Å². The summed E-state index contributed by atoms with van der Waals surface area (Å²) in [6.45, 7) is 3.12. The summed E-state index contributed by atoms with van der Waals surface area (Å²) < 4.78 is 12.9. The first-order valence-electron chi connectivity index (χ1n) is 8.71. The van der Waals surface area contributed by atoms with Crippen LogP contribution in [0.3, 0.4) is 0 Å². The number of rotatable bonds is 3. The maximum atomic E-state index is 12.9. The molecule has 3 amide bonds. The minimum atomic E-state index is -0.323. The lowest BCUT2D eigenvalue weighted by Crippen LogP contribution is -2.42. The summed E-state index contributed by atoms with van der Waals surface area (Å²) in [5.41, 5.74) is 0.590. The SMILES string of the molecule is O=C(CC1CCN(C(=O)Nc2ccc(F)cc2)CC1)N1CCCC1. The number of carbonyl (C=O) groups excluding carboxylic acids is 2. The molecule has 0 bridgehead atoms. The molecule has 5 nitrogen and oxygen atoms in total. The van der Waals surface area contributed by atoms with Crippen molar-refractivity contribution in [2.75, 3.05) is 31.5 Å². The number of carbonyl (C=O) groups is 2. The number of benzene rings is 1. The van der Waals surface area contributed by atoms with E-state index in [1.54, 1.807) is 17.0 Å². The number of halogens is 1. The van der Waals surface area contributed by atoms with E-state index in [0.29, 0.717) is 31.1 Å². The molecule has 0 unspecified atom stereocenters. The molecule has 6 heteroatoms. The number of anilines is 1. The Morgan fingerprint density at radius 1 is 1.00 bits per heavy atom. The average molecular weight is 333 g/mol. The third kappa shape index (κ3) is 4.24. The Labute approximate surface area is 141 Å². The molecule has 0 radical (unpaired) electrons. The molecule has 130 valence electrons. The van der Waals surface area contributed by atoms with Gasteiger partial charge < -0.3 is 15.1 Å². The zero-order valence-electron chi connectivity index (χ0n) is 13.8. The van der Waals surface area contributed by atoms with Gasteiger partial charge in [0.15, 0.2) is 0 Å². The van der Waals surface area contributed by atoms with Crippen LogP contribution >= 0.6 is 0 Å². The Kier molecular flexibility index (Phi) is 5.33. The number of nitrogens with zero attached hydrogens (tertiary/aromatic N) is 2. The van der Waals surface area contributed by atoms with Crippen LogP contribution in [0, 0.1) is 11.7 Å². The van der Waals surface area contributed by atoms with Crippen LogP contribution in [0.2, 0.25) is 0 Å². The van der Waals surface area contributed by atoms with Gasteiger partial charge in [0, 0.05) is 38.3 Å². The number of hydrogen-bond acceptors (Lipinski definition) is 2. The van der Waals surface area contributed by atoms with Gasteiger partial charge in [0.2, 0.25) is 5.91 Å². The van der Waals surface area contributed by atoms with Gasteiger partial charge in [0.25, 0.3) is 0 Å². The van der Waals surface area contributed by atoms with Crippen molar-refractivity contribution in [3.8, 4) is 0 Å². The normalized spacial score (nSPS) is 18.7. The molecule has 0 atom stereocenters. The van der Waals surface area contributed by atoms with Crippen molar-refractivity contribution < 1.29 is 14.0 Å². The molecule has 0 saturated carbocycles. The van der Waals surface area contributed by atoms with Crippen LogP contribution in [0.15, 0.2) is 24.3 Å². The number of urea groups is 1. The molecular weight excluding hydrogens is 309 g/mol. The van der Waals surface area contributed by atoms with E-state index in [2.05, 4.69) is 5.32 Å². The van der Waals surface area contributed by atoms with Crippen LogP contribution in [0.25, 0.3) is 0 Å². The Hall–Kier alpha value is -2.11. The van der Waals surface area contributed by atoms with Crippen LogP contribution in [0.5, 0.6) is 0 Å². The molecule has 0 aliphatic carbocycles. The molecule has 1 N–H and O–H groups in total. The van der Waals surface area contributed by atoms with Crippen molar-refractivity contribution in [3.05, 3.63) is 30.1 Å². The Balaban J connectivity index is 1.43. The summed E-state index contributed by atoms with van der Waals surface area (Å²) in [7, 11) is 0. The van der Waals surface area contributed by atoms with Crippen LogP contribution < -0.4 is 5.32 Å². The van der Waals surface area contributed by atoms with Crippen molar-refractivity contribution in [1.82, 2.24) is 9.80 Å². The summed E-state index contributed by atoms with van der Waals surface area (Å²) >= 11 is 0. The summed E-state index contributed by atoms with van der Waals surface area (Å²) in [5.74, 6) is 0.311. The monoisotopic (exact) mass is 333 g/mol. The standard InChI is InChI=1S/C18H24FN3O2/c19-15-3-5-16(6-4-15)20-18(24)22-11-7-14(8-12-22)13-17(23)21-9-1-2-10-21/h3-6,14H,1-2,7-13H2,(H,20,24). The lowest BCUT2D eigenvalue weighted by atomic mass is 9.93. The van der Waals surface area contributed by atoms with Gasteiger partial charge in [-0.1, -0.05) is 0 Å². The highest BCUT2D eigenvalue weighted by Gasteiger charge is 2.27. The fourth-order valence-electron chi connectivity index (χ4n) is 3.42. The van der Waals surface area contributed by atoms with Crippen molar-refractivity contribution in [2.24, 2.45) is 5.92 Å². The van der Waals surface area contributed by atoms with Gasteiger partial charge in [-0.2, -0.15) is 0 Å². The number of nitrogens with one attached hydrogen (secondary N) is 1. The summed E-state index contributed by atoms with van der Waals surface area (Å²) in [6.07, 6.45) is 4.56. The topological polar surface area (TPSA) is 52.7 Å². The highest BCUT2D eigenvalue weighted by molar-refractivity contribution is 5.89. The minimum absolute atomic E-state index is 0.161. The maximum Gasteiger partial charge on any atom is 0.321 e. The van der Waals surface area contributed by atoms with E-state index in [9.17, 15) is 14.0 Å². The highest BCUT2D eigenvalue weighted by atomic mass is 19.1. The number of hydrogen-bond donors (Lipinski definition) is 1. The molecule has 1 aromatic carbocycles. The zero-order valence-corrected chi connectivity index (χ0v) is 13.8. The van der Waals surface area contributed by atoms with E-state index in [-0.39, 0.29) is 17.8 Å². The molecule has 2 aliphatic rings. The molecule has 2 aliphatic heterocycles. The first-order valence-corrected chi connectivity index (χ1v) is 8.71. The van der Waals surface area contributed by atoms with Crippen molar-refractivity contribution >= 4 is 17.6 Å². The molecule has 0 spiro atoms. The van der Waals surface area contributed by atoms with Crippen LogP contribution in [-0.2, 0) is 4.79 Å². The molecular formula is C18H24FN3O2. The van der Waals surface area contributed by atoms with Gasteiger partial charge in [0.1, 0.15) is 5.82 Å². The lowest BCUT2D eigenvalue weighted by Gasteiger charge is -2.32. The third-order valence-corrected chi connectivity index (χ3v) is 4.92. The van der Waals surface area contributed by atoms with Crippen LogP contribution in [0.4, 0.5) is 14.9 Å². The van der Waals surface area contributed by atoms with E-state index < -0.39 is 0 Å². The fourth-order valence-corrected chi connectivity index (χ4v) is 3.42. The van der Waals surface area contributed by atoms with Gasteiger partial charge in [-0.25, -0.2) is 9.18 Å². The van der Waals surface area contributed by atoms with Gasteiger partial charge >= 0.3 is 6.03 Å². The molecule has 3 rings (SSSR count). The van der Waals surface area contributed by atoms with E-state index in [1.165, 1.54) is 12.1 Å². The van der Waals surface area contributed by atoms with E-state index >= 15 is 0 Å².